The standard InChI is InChI=1S/C19H19ClN4O2/c1-24(13-19(26)23-17-8-4-15(20)5-9-17)12-18(25)22-16-6-2-14(3-7-16)10-11-21/h2-9H,10,12-13H2,1H3,(H,22,25)(H,23,26)/p+1. The molecule has 134 valence electrons. The summed E-state index contributed by atoms with van der Waals surface area (Å²) in [6.07, 6.45) is 0.337. The van der Waals surface area contributed by atoms with Crippen LogP contribution in [-0.2, 0) is 16.0 Å². The Labute approximate surface area is 157 Å². The molecule has 0 fully saturated rings. The molecular weight excluding hydrogens is 352 g/mol. The van der Waals surface area contributed by atoms with E-state index in [0.717, 1.165) is 10.5 Å². The van der Waals surface area contributed by atoms with E-state index in [-0.39, 0.29) is 24.9 Å². The number of hydrogen-bond donors (Lipinski definition) is 3. The Balaban J connectivity index is 1.78. The molecule has 0 bridgehead atoms. The van der Waals surface area contributed by atoms with Crippen LogP contribution in [0.1, 0.15) is 5.56 Å². The second kappa shape index (κ2) is 9.56. The molecule has 6 nitrogen and oxygen atoms in total. The number of nitrogens with one attached hydrogen (secondary N) is 3. The number of amides is 2. The summed E-state index contributed by atoms with van der Waals surface area (Å²) >= 11 is 5.81. The molecule has 0 aliphatic rings. The molecule has 1 unspecified atom stereocenters. The van der Waals surface area contributed by atoms with Crippen molar-refractivity contribution in [2.24, 2.45) is 0 Å². The topological polar surface area (TPSA) is 86.4 Å². The van der Waals surface area contributed by atoms with Gasteiger partial charge in [0.1, 0.15) is 0 Å². The Morgan fingerprint density at radius 2 is 1.42 bits per heavy atom. The van der Waals surface area contributed by atoms with Gasteiger partial charge in [0.05, 0.1) is 19.5 Å². The lowest BCUT2D eigenvalue weighted by Gasteiger charge is -2.14. The number of carbonyl (C=O) groups is 2. The fourth-order valence-electron chi connectivity index (χ4n) is 2.35. The second-order valence-corrected chi connectivity index (χ2v) is 6.38. The van der Waals surface area contributed by atoms with Gasteiger partial charge < -0.3 is 15.5 Å². The molecule has 2 amide bonds. The van der Waals surface area contributed by atoms with Crippen LogP contribution in [0.4, 0.5) is 11.4 Å². The van der Waals surface area contributed by atoms with Gasteiger partial charge in [-0.2, -0.15) is 5.26 Å². The van der Waals surface area contributed by atoms with E-state index in [1.165, 1.54) is 0 Å². The number of nitrogens with zero attached hydrogens (tertiary/aromatic N) is 1. The minimum Gasteiger partial charge on any atom is -0.322 e. The fraction of sp³-hybridized carbons (Fsp3) is 0.211. The average molecular weight is 372 g/mol. The highest BCUT2D eigenvalue weighted by atomic mass is 35.5. The van der Waals surface area contributed by atoms with Gasteiger partial charge in [-0.1, -0.05) is 23.7 Å². The van der Waals surface area contributed by atoms with Crippen LogP contribution in [0.3, 0.4) is 0 Å². The maximum absolute atomic E-state index is 12.1. The Morgan fingerprint density at radius 3 is 1.88 bits per heavy atom. The smallest absolute Gasteiger partial charge is 0.279 e. The summed E-state index contributed by atoms with van der Waals surface area (Å²) < 4.78 is 0. The number of carbonyl (C=O) groups excluding carboxylic acids is 2. The maximum atomic E-state index is 12.1. The highest BCUT2D eigenvalue weighted by molar-refractivity contribution is 6.30. The predicted molar refractivity (Wildman–Crippen MR) is 101 cm³/mol. The zero-order valence-corrected chi connectivity index (χ0v) is 15.1. The van der Waals surface area contributed by atoms with E-state index >= 15 is 0 Å². The molecule has 2 rings (SSSR count). The van der Waals surface area contributed by atoms with E-state index in [1.54, 1.807) is 55.6 Å². The summed E-state index contributed by atoms with van der Waals surface area (Å²) in [6.45, 7) is 0.325. The molecule has 0 heterocycles. The number of quaternary nitrogens is 1. The number of nitriles is 1. The van der Waals surface area contributed by atoms with Crippen LogP contribution in [0.5, 0.6) is 0 Å². The van der Waals surface area contributed by atoms with E-state index < -0.39 is 0 Å². The highest BCUT2D eigenvalue weighted by Gasteiger charge is 2.14. The van der Waals surface area contributed by atoms with Gasteiger partial charge >= 0.3 is 0 Å². The van der Waals surface area contributed by atoms with Gasteiger partial charge in [-0.3, -0.25) is 9.59 Å². The van der Waals surface area contributed by atoms with Gasteiger partial charge in [-0.15, -0.1) is 0 Å². The first kappa shape index (κ1) is 19.4. The Morgan fingerprint density at radius 1 is 0.962 bits per heavy atom. The summed E-state index contributed by atoms with van der Waals surface area (Å²) in [4.78, 5) is 24.9. The summed E-state index contributed by atoms with van der Waals surface area (Å²) in [5.41, 5.74) is 2.22. The summed E-state index contributed by atoms with van der Waals surface area (Å²) in [5, 5.41) is 14.8. The zero-order valence-electron chi connectivity index (χ0n) is 14.4. The number of rotatable bonds is 7. The van der Waals surface area contributed by atoms with Crippen LogP contribution in [-0.4, -0.2) is 32.0 Å². The molecule has 0 saturated heterocycles. The van der Waals surface area contributed by atoms with Crippen molar-refractivity contribution in [2.75, 3.05) is 30.8 Å². The first-order valence-electron chi connectivity index (χ1n) is 8.08. The van der Waals surface area contributed by atoms with Crippen LogP contribution >= 0.6 is 11.6 Å². The van der Waals surface area contributed by atoms with Crippen LogP contribution in [0.25, 0.3) is 0 Å². The van der Waals surface area contributed by atoms with Crippen molar-refractivity contribution in [3.05, 3.63) is 59.1 Å². The molecule has 0 saturated carbocycles. The highest BCUT2D eigenvalue weighted by Crippen LogP contribution is 2.13. The molecule has 7 heteroatoms. The summed E-state index contributed by atoms with van der Waals surface area (Å²) in [5.74, 6) is -0.367. The van der Waals surface area contributed by atoms with Gasteiger partial charge in [-0.25, -0.2) is 0 Å². The third-order valence-corrected chi connectivity index (χ3v) is 3.83. The predicted octanol–water partition coefficient (Wildman–Crippen LogP) is 1.50. The molecule has 0 aliphatic heterocycles. The maximum Gasteiger partial charge on any atom is 0.279 e. The van der Waals surface area contributed by atoms with Crippen molar-refractivity contribution in [1.29, 1.82) is 5.26 Å². The molecule has 0 aromatic heterocycles. The van der Waals surface area contributed by atoms with Crippen molar-refractivity contribution in [3.8, 4) is 6.07 Å². The van der Waals surface area contributed by atoms with Crippen molar-refractivity contribution in [2.45, 2.75) is 6.42 Å². The van der Waals surface area contributed by atoms with Crippen LogP contribution in [0.15, 0.2) is 48.5 Å². The quantitative estimate of drug-likeness (QED) is 0.689. The van der Waals surface area contributed by atoms with Gasteiger partial charge in [-0.05, 0) is 42.0 Å². The van der Waals surface area contributed by atoms with Gasteiger partial charge in [0.15, 0.2) is 13.1 Å². The molecule has 2 aromatic carbocycles. The molecule has 3 N–H and O–H groups in total. The average Bonchev–Trinajstić information content (AvgIpc) is 2.58. The zero-order chi connectivity index (χ0) is 18.9. The lowest BCUT2D eigenvalue weighted by molar-refractivity contribution is -0.862. The Bertz CT molecular complexity index is 798. The number of halogens is 1. The minimum absolute atomic E-state index is 0.161. The minimum atomic E-state index is -0.185. The van der Waals surface area contributed by atoms with Crippen molar-refractivity contribution in [1.82, 2.24) is 0 Å². The van der Waals surface area contributed by atoms with Crippen molar-refractivity contribution < 1.29 is 14.5 Å². The van der Waals surface area contributed by atoms with E-state index in [4.69, 9.17) is 16.9 Å². The third kappa shape index (κ3) is 6.55. The first-order valence-corrected chi connectivity index (χ1v) is 8.46. The Kier molecular flexibility index (Phi) is 7.15. The van der Waals surface area contributed by atoms with Crippen molar-refractivity contribution >= 4 is 34.8 Å². The number of benzene rings is 2. The molecule has 2 aromatic rings. The van der Waals surface area contributed by atoms with Gasteiger partial charge in [0.25, 0.3) is 11.8 Å². The summed E-state index contributed by atoms with van der Waals surface area (Å²) in [7, 11) is 1.77. The van der Waals surface area contributed by atoms with Crippen molar-refractivity contribution in [3.63, 3.8) is 0 Å². The SMILES string of the molecule is C[NH+](CC(=O)Nc1ccc(Cl)cc1)CC(=O)Nc1ccc(CC#N)cc1. The van der Waals surface area contributed by atoms with Gasteiger partial charge in [0, 0.05) is 16.4 Å². The van der Waals surface area contributed by atoms with Crippen LogP contribution in [0.2, 0.25) is 5.02 Å². The van der Waals surface area contributed by atoms with E-state index in [0.29, 0.717) is 22.8 Å². The van der Waals surface area contributed by atoms with Gasteiger partial charge in [0.2, 0.25) is 0 Å². The van der Waals surface area contributed by atoms with Crippen LogP contribution < -0.4 is 15.5 Å². The number of likely N-dealkylation sites (N-methyl/N-ethyl adjacent to an activating group) is 1. The molecule has 0 spiro atoms. The summed E-state index contributed by atoms with van der Waals surface area (Å²) in [6, 6.07) is 16.0. The molecule has 26 heavy (non-hydrogen) atoms. The van der Waals surface area contributed by atoms with E-state index in [2.05, 4.69) is 16.7 Å². The lowest BCUT2D eigenvalue weighted by atomic mass is 10.1. The first-order chi connectivity index (χ1) is 12.5. The molecule has 1 atom stereocenters. The van der Waals surface area contributed by atoms with Crippen LogP contribution in [0, 0.1) is 11.3 Å². The fourth-order valence-corrected chi connectivity index (χ4v) is 2.48. The largest absolute Gasteiger partial charge is 0.322 e. The molecule has 0 radical (unpaired) electrons. The molecule has 0 aliphatic carbocycles. The normalized spacial score (nSPS) is 11.3. The Hall–Kier alpha value is -2.88. The number of hydrogen-bond acceptors (Lipinski definition) is 3. The molecular formula is C19H20ClN4O2+. The number of anilines is 2. The van der Waals surface area contributed by atoms with E-state index in [9.17, 15) is 9.59 Å². The third-order valence-electron chi connectivity index (χ3n) is 3.57. The monoisotopic (exact) mass is 371 g/mol. The lowest BCUT2D eigenvalue weighted by Crippen LogP contribution is -3.11. The second-order valence-electron chi connectivity index (χ2n) is 5.95. The van der Waals surface area contributed by atoms with E-state index in [1.807, 2.05) is 0 Å².